The van der Waals surface area contributed by atoms with Crippen molar-refractivity contribution in [2.75, 3.05) is 12.3 Å². The summed E-state index contributed by atoms with van der Waals surface area (Å²) in [5.41, 5.74) is 6.07. The van der Waals surface area contributed by atoms with Crippen molar-refractivity contribution in [1.29, 1.82) is 0 Å². The quantitative estimate of drug-likeness (QED) is 0.345. The molecule has 33 heavy (non-hydrogen) atoms. The first-order valence-electron chi connectivity index (χ1n) is 10.2. The molecular weight excluding hydrogens is 450 g/mol. The van der Waals surface area contributed by atoms with Gasteiger partial charge in [0, 0.05) is 6.54 Å². The van der Waals surface area contributed by atoms with Crippen LogP contribution in [0, 0.1) is 0 Å². The van der Waals surface area contributed by atoms with Crippen LogP contribution in [0.15, 0.2) is 65.6 Å². The summed E-state index contributed by atoms with van der Waals surface area (Å²) in [6, 6.07) is 15.5. The molecular formula is C22H27N3O7S. The Morgan fingerprint density at radius 2 is 1.61 bits per heavy atom. The second-order valence-corrected chi connectivity index (χ2v) is 9.35. The number of hydrogen-bond acceptors (Lipinski definition) is 7. The Balaban J connectivity index is 1.75. The van der Waals surface area contributed by atoms with Crippen LogP contribution in [0.3, 0.4) is 0 Å². The molecule has 5 N–H and O–H groups in total. The van der Waals surface area contributed by atoms with E-state index in [0.717, 1.165) is 5.56 Å². The van der Waals surface area contributed by atoms with Gasteiger partial charge in [-0.05, 0) is 24.1 Å². The number of carbonyl (C=O) groups is 3. The van der Waals surface area contributed by atoms with Crippen molar-refractivity contribution in [2.24, 2.45) is 5.73 Å². The zero-order valence-electron chi connectivity index (χ0n) is 17.8. The number of benzene rings is 2. The molecule has 0 saturated carbocycles. The molecule has 10 nitrogen and oxygen atoms in total. The van der Waals surface area contributed by atoms with Crippen LogP contribution in [0.5, 0.6) is 0 Å². The van der Waals surface area contributed by atoms with Gasteiger partial charge in [-0.1, -0.05) is 48.5 Å². The van der Waals surface area contributed by atoms with Crippen molar-refractivity contribution in [3.63, 3.8) is 0 Å². The van der Waals surface area contributed by atoms with E-state index in [1.54, 1.807) is 42.5 Å². The number of nitrogens with one attached hydrogen (secondary N) is 2. The molecule has 0 aromatic heterocycles. The summed E-state index contributed by atoms with van der Waals surface area (Å²) in [6.45, 7) is -0.208. The molecule has 0 fully saturated rings. The van der Waals surface area contributed by atoms with E-state index in [9.17, 15) is 27.9 Å². The summed E-state index contributed by atoms with van der Waals surface area (Å²) in [5, 5.41) is 14.6. The van der Waals surface area contributed by atoms with Crippen molar-refractivity contribution in [1.82, 2.24) is 10.6 Å². The normalized spacial score (nSPS) is 12.9. The second-order valence-electron chi connectivity index (χ2n) is 7.24. The first-order chi connectivity index (χ1) is 15.7. The Labute approximate surface area is 192 Å². The zero-order chi connectivity index (χ0) is 24.3. The van der Waals surface area contributed by atoms with Gasteiger partial charge in [-0.25, -0.2) is 13.2 Å². The van der Waals surface area contributed by atoms with Crippen molar-refractivity contribution in [3.8, 4) is 0 Å². The molecule has 2 aromatic carbocycles. The Hall–Kier alpha value is -3.44. The summed E-state index contributed by atoms with van der Waals surface area (Å²) in [5.74, 6) is -2.02. The maximum atomic E-state index is 12.4. The van der Waals surface area contributed by atoms with Gasteiger partial charge in [0.15, 0.2) is 9.84 Å². The number of rotatable bonds is 12. The van der Waals surface area contributed by atoms with Crippen LogP contribution in [0.2, 0.25) is 0 Å². The molecule has 0 spiro atoms. The van der Waals surface area contributed by atoms with Gasteiger partial charge in [-0.3, -0.25) is 9.59 Å². The van der Waals surface area contributed by atoms with Crippen molar-refractivity contribution in [2.45, 2.75) is 36.5 Å². The van der Waals surface area contributed by atoms with Gasteiger partial charge < -0.3 is 26.2 Å². The third-order valence-corrected chi connectivity index (χ3v) is 6.34. The lowest BCUT2D eigenvalue weighted by Crippen LogP contribution is -2.46. The minimum atomic E-state index is -3.66. The maximum Gasteiger partial charge on any atom is 0.407 e. The summed E-state index contributed by atoms with van der Waals surface area (Å²) in [7, 11) is -3.66. The lowest BCUT2D eigenvalue weighted by Gasteiger charge is -2.17. The summed E-state index contributed by atoms with van der Waals surface area (Å²) in [6.07, 6.45) is -2.68. The van der Waals surface area contributed by atoms with E-state index in [4.69, 9.17) is 10.5 Å². The third-order valence-electron chi connectivity index (χ3n) is 4.57. The minimum absolute atomic E-state index is 0.0510. The average Bonchev–Trinajstić information content (AvgIpc) is 2.80. The van der Waals surface area contributed by atoms with Crippen LogP contribution in [0.1, 0.15) is 18.4 Å². The first-order valence-corrected chi connectivity index (χ1v) is 11.8. The smallest absolute Gasteiger partial charge is 0.407 e. The molecule has 0 unspecified atom stereocenters. The summed E-state index contributed by atoms with van der Waals surface area (Å²) in [4.78, 5) is 35.6. The van der Waals surface area contributed by atoms with Crippen molar-refractivity contribution >= 4 is 27.7 Å². The number of ether oxygens (including phenoxy) is 1. The largest absolute Gasteiger partial charge is 0.445 e. The zero-order valence-corrected chi connectivity index (χ0v) is 18.7. The van der Waals surface area contributed by atoms with Gasteiger partial charge in [-0.2, -0.15) is 0 Å². The maximum absolute atomic E-state index is 12.4. The number of primary amides is 1. The predicted molar refractivity (Wildman–Crippen MR) is 119 cm³/mol. The van der Waals surface area contributed by atoms with Gasteiger partial charge in [0.05, 0.1) is 23.2 Å². The van der Waals surface area contributed by atoms with E-state index in [1.807, 2.05) is 6.07 Å². The molecule has 3 amide bonds. The molecule has 0 bridgehead atoms. The Morgan fingerprint density at radius 3 is 2.21 bits per heavy atom. The standard InChI is InChI=1S/C22H27N3O7S/c23-21(28)19(11-12-33(30,31)18-9-5-2-6-10-18)25-20(27)13-17(26)14-24-22(29)32-15-16-7-3-1-4-8-16/h1-10,17,19,26H,11-15H2,(H2,23,28)(H,24,29)(H,25,27)/t17-,19-/m0/s1. The lowest BCUT2D eigenvalue weighted by atomic mass is 10.2. The lowest BCUT2D eigenvalue weighted by molar-refractivity contribution is -0.128. The van der Waals surface area contributed by atoms with E-state index in [0.29, 0.717) is 0 Å². The molecule has 0 heterocycles. The van der Waals surface area contributed by atoms with Gasteiger partial charge in [-0.15, -0.1) is 0 Å². The molecule has 2 rings (SSSR count). The molecule has 0 aliphatic heterocycles. The highest BCUT2D eigenvalue weighted by Crippen LogP contribution is 2.12. The minimum Gasteiger partial charge on any atom is -0.445 e. The number of nitrogens with two attached hydrogens (primary N) is 1. The highest BCUT2D eigenvalue weighted by molar-refractivity contribution is 7.91. The van der Waals surface area contributed by atoms with E-state index in [-0.39, 0.29) is 24.5 Å². The number of hydrogen-bond donors (Lipinski definition) is 4. The molecule has 2 aromatic rings. The fraction of sp³-hybridized carbons (Fsp3) is 0.318. The van der Waals surface area contributed by atoms with E-state index in [1.165, 1.54) is 12.1 Å². The van der Waals surface area contributed by atoms with E-state index >= 15 is 0 Å². The third kappa shape index (κ3) is 9.29. The van der Waals surface area contributed by atoms with Crippen LogP contribution >= 0.6 is 0 Å². The SMILES string of the molecule is NC(=O)[C@H](CCS(=O)(=O)c1ccccc1)NC(=O)C[C@H](O)CNC(=O)OCc1ccccc1. The van der Waals surface area contributed by atoms with Crippen LogP contribution < -0.4 is 16.4 Å². The van der Waals surface area contributed by atoms with Gasteiger partial charge >= 0.3 is 6.09 Å². The fourth-order valence-electron chi connectivity index (χ4n) is 2.82. The number of alkyl carbamates (subject to hydrolysis) is 1. The van der Waals surface area contributed by atoms with Crippen LogP contribution in [0.4, 0.5) is 4.79 Å². The molecule has 0 aliphatic carbocycles. The van der Waals surface area contributed by atoms with Gasteiger partial charge in [0.25, 0.3) is 0 Å². The van der Waals surface area contributed by atoms with E-state index in [2.05, 4.69) is 10.6 Å². The summed E-state index contributed by atoms with van der Waals surface area (Å²) < 4.78 is 29.7. The first kappa shape index (κ1) is 25.8. The van der Waals surface area contributed by atoms with Crippen LogP contribution in [0.25, 0.3) is 0 Å². The summed E-state index contributed by atoms with van der Waals surface area (Å²) >= 11 is 0. The average molecular weight is 478 g/mol. The number of carbonyl (C=O) groups excluding carboxylic acids is 3. The Bertz CT molecular complexity index is 1030. The number of sulfone groups is 1. The number of aliphatic hydroxyl groups excluding tert-OH is 1. The Morgan fingerprint density at radius 1 is 1.00 bits per heavy atom. The highest BCUT2D eigenvalue weighted by atomic mass is 32.2. The number of amides is 3. The van der Waals surface area contributed by atoms with Crippen LogP contribution in [-0.4, -0.2) is 55.9 Å². The molecule has 0 saturated heterocycles. The molecule has 178 valence electrons. The van der Waals surface area contributed by atoms with Crippen molar-refractivity contribution < 1.29 is 32.6 Å². The Kier molecular flexibility index (Phi) is 9.83. The van der Waals surface area contributed by atoms with Crippen molar-refractivity contribution in [3.05, 3.63) is 66.2 Å². The van der Waals surface area contributed by atoms with Gasteiger partial charge in [0.2, 0.25) is 11.8 Å². The highest BCUT2D eigenvalue weighted by Gasteiger charge is 2.24. The molecule has 11 heteroatoms. The topological polar surface area (TPSA) is 165 Å². The van der Waals surface area contributed by atoms with E-state index < -0.39 is 52.1 Å². The second kappa shape index (κ2) is 12.6. The molecule has 0 radical (unpaired) electrons. The van der Waals surface area contributed by atoms with Gasteiger partial charge in [0.1, 0.15) is 12.6 Å². The predicted octanol–water partition coefficient (Wildman–Crippen LogP) is 0.498. The molecule has 0 aliphatic rings. The van der Waals surface area contributed by atoms with Crippen LogP contribution in [-0.2, 0) is 30.8 Å². The number of aliphatic hydroxyl groups is 1. The monoisotopic (exact) mass is 477 g/mol. The fourth-order valence-corrected chi connectivity index (χ4v) is 4.17. The molecule has 2 atom stereocenters.